The van der Waals surface area contributed by atoms with E-state index in [1.165, 1.54) is 25.8 Å². The van der Waals surface area contributed by atoms with Gasteiger partial charge in [0.15, 0.2) is 11.6 Å². The highest BCUT2D eigenvalue weighted by molar-refractivity contribution is 5.96. The topological polar surface area (TPSA) is 173 Å². The van der Waals surface area contributed by atoms with E-state index in [1.807, 2.05) is 69.3 Å². The van der Waals surface area contributed by atoms with Crippen LogP contribution >= 0.6 is 0 Å². The van der Waals surface area contributed by atoms with Crippen LogP contribution in [0.3, 0.4) is 0 Å². The van der Waals surface area contributed by atoms with Crippen LogP contribution in [0.15, 0.2) is 66.8 Å². The van der Waals surface area contributed by atoms with Gasteiger partial charge in [-0.2, -0.15) is 0 Å². The zero-order valence-electron chi connectivity index (χ0n) is 31.7. The quantitative estimate of drug-likeness (QED) is 0.205. The van der Waals surface area contributed by atoms with E-state index in [1.54, 1.807) is 21.0 Å². The van der Waals surface area contributed by atoms with Crippen LogP contribution in [-0.4, -0.2) is 102 Å². The summed E-state index contributed by atoms with van der Waals surface area (Å²) in [7, 11) is 3.08. The molecule has 0 bridgehead atoms. The zero-order valence-corrected chi connectivity index (χ0v) is 31.7. The van der Waals surface area contributed by atoms with Crippen LogP contribution in [0.25, 0.3) is 0 Å². The SMILES string of the molecule is C=CC(=O)OC[C@H]1NC(=O)[C@H]([C@@H](C)CC)N(C)C(=O)[C@]2(C)O[C@H]2C[C@@H](OC)/C(C)=C/C=C/[C@@H](C)[C@@H](c2ccccc2)OC(=O)[C@H](C(C)(C)O)NC1=O. The molecule has 1 fully saturated rings. The van der Waals surface area contributed by atoms with Gasteiger partial charge in [-0.05, 0) is 44.7 Å². The van der Waals surface area contributed by atoms with E-state index >= 15 is 0 Å². The Morgan fingerprint density at radius 1 is 1.17 bits per heavy atom. The van der Waals surface area contributed by atoms with Crippen LogP contribution in [0, 0.1) is 11.8 Å². The molecule has 2 heterocycles. The Hall–Kier alpha value is -4.33. The first-order valence-electron chi connectivity index (χ1n) is 17.6. The maximum Gasteiger partial charge on any atom is 0.332 e. The summed E-state index contributed by atoms with van der Waals surface area (Å²) in [6.07, 6.45) is 5.65. The summed E-state index contributed by atoms with van der Waals surface area (Å²) in [6.45, 7) is 14.5. The van der Waals surface area contributed by atoms with Crippen molar-refractivity contribution in [3.05, 3.63) is 72.4 Å². The molecule has 13 nitrogen and oxygen atoms in total. The molecule has 0 aromatic heterocycles. The second-order valence-corrected chi connectivity index (χ2v) is 14.3. The van der Waals surface area contributed by atoms with Crippen molar-refractivity contribution in [3.8, 4) is 0 Å². The van der Waals surface area contributed by atoms with Gasteiger partial charge in [-0.15, -0.1) is 0 Å². The summed E-state index contributed by atoms with van der Waals surface area (Å²) in [6, 6.07) is 4.84. The predicted octanol–water partition coefficient (Wildman–Crippen LogP) is 3.33. The minimum Gasteiger partial charge on any atom is -0.460 e. The number of fused-ring (bicyclic) bond motifs is 1. The monoisotopic (exact) mass is 725 g/mol. The molecule has 0 saturated carbocycles. The van der Waals surface area contributed by atoms with E-state index in [2.05, 4.69) is 17.2 Å². The second-order valence-electron chi connectivity index (χ2n) is 14.3. The summed E-state index contributed by atoms with van der Waals surface area (Å²) >= 11 is 0. The number of esters is 2. The minimum absolute atomic E-state index is 0.373. The molecule has 0 spiro atoms. The van der Waals surface area contributed by atoms with Crippen LogP contribution in [0.1, 0.15) is 73.0 Å². The standard InChI is InChI=1S/C39H55N3O10/c1-11-23(3)31-35(45)40-27(22-50-30(43)12-2)34(44)41-33(38(6,7)48)36(46)51-32(26-19-14-13-15-20-26)25(5)18-16-17-24(4)28(49-10)21-29-39(8,52-29)37(47)42(31)9/h12-20,23,25,27-29,31-33,48H,2,11,21-22H2,1,3-10H3,(H,40,45)(H,41,44)/b18-16+,24-17+/t23-,25+,27+,28+,29-,31-,32-,33+,39+/m0/s1. The highest BCUT2D eigenvalue weighted by atomic mass is 16.6. The number of likely N-dealkylation sites (N-methyl/N-ethyl adjacent to an activating group) is 1. The van der Waals surface area contributed by atoms with Gasteiger partial charge >= 0.3 is 11.9 Å². The number of cyclic esters (lactones) is 1. The molecule has 1 saturated heterocycles. The van der Waals surface area contributed by atoms with Crippen LogP contribution in [0.2, 0.25) is 0 Å². The molecule has 1 aromatic rings. The van der Waals surface area contributed by atoms with Crippen molar-refractivity contribution in [2.75, 3.05) is 20.8 Å². The molecular weight excluding hydrogens is 670 g/mol. The van der Waals surface area contributed by atoms with Crippen molar-refractivity contribution in [2.45, 2.75) is 109 Å². The number of allylic oxidation sites excluding steroid dienone is 2. The Labute approximate surface area is 306 Å². The van der Waals surface area contributed by atoms with Crippen LogP contribution in [0.5, 0.6) is 0 Å². The summed E-state index contributed by atoms with van der Waals surface area (Å²) < 4.78 is 23.0. The fourth-order valence-electron chi connectivity index (χ4n) is 6.24. The minimum atomic E-state index is -1.84. The van der Waals surface area contributed by atoms with Crippen molar-refractivity contribution < 1.29 is 48.0 Å². The molecule has 2 aliphatic heterocycles. The van der Waals surface area contributed by atoms with Crippen molar-refractivity contribution in [1.29, 1.82) is 0 Å². The number of rotatable bonds is 8. The number of ether oxygens (including phenoxy) is 4. The largest absolute Gasteiger partial charge is 0.460 e. The number of amides is 3. The van der Waals surface area contributed by atoms with Gasteiger partial charge in [0, 0.05) is 32.6 Å². The lowest BCUT2D eigenvalue weighted by atomic mass is 9.93. The molecular formula is C39H55N3O10. The Kier molecular flexibility index (Phi) is 14.5. The average Bonchev–Trinajstić information content (AvgIpc) is 3.78. The van der Waals surface area contributed by atoms with Gasteiger partial charge in [-0.1, -0.05) is 82.3 Å². The Bertz CT molecular complexity index is 1520. The molecule has 52 heavy (non-hydrogen) atoms. The van der Waals surface area contributed by atoms with Crippen LogP contribution in [0.4, 0.5) is 0 Å². The van der Waals surface area contributed by atoms with Gasteiger partial charge in [-0.3, -0.25) is 14.4 Å². The van der Waals surface area contributed by atoms with Gasteiger partial charge in [0.1, 0.15) is 24.8 Å². The van der Waals surface area contributed by atoms with E-state index in [0.29, 0.717) is 18.4 Å². The van der Waals surface area contributed by atoms with Gasteiger partial charge in [0.25, 0.3) is 5.91 Å². The second kappa shape index (κ2) is 17.9. The molecule has 0 radical (unpaired) electrons. The number of methoxy groups -OCH3 is 1. The number of hydrogen-bond acceptors (Lipinski definition) is 10. The first-order chi connectivity index (χ1) is 24.4. The zero-order chi connectivity index (χ0) is 39.0. The number of carbonyl (C=O) groups is 5. The van der Waals surface area contributed by atoms with Gasteiger partial charge in [0.05, 0.1) is 17.8 Å². The third-order valence-corrected chi connectivity index (χ3v) is 9.82. The predicted molar refractivity (Wildman–Crippen MR) is 193 cm³/mol. The van der Waals surface area contributed by atoms with E-state index in [9.17, 15) is 29.1 Å². The Morgan fingerprint density at radius 3 is 2.40 bits per heavy atom. The Morgan fingerprint density at radius 2 is 1.83 bits per heavy atom. The summed E-state index contributed by atoms with van der Waals surface area (Å²) in [4.78, 5) is 69.2. The normalized spacial score (nSPS) is 32.0. The fraction of sp³-hybridized carbons (Fsp3) is 0.564. The highest BCUT2D eigenvalue weighted by Gasteiger charge is 2.61. The molecule has 3 N–H and O–H groups in total. The Balaban J connectivity index is 2.13. The molecule has 9 atom stereocenters. The van der Waals surface area contributed by atoms with Crippen molar-refractivity contribution in [3.63, 3.8) is 0 Å². The first kappa shape index (κ1) is 42.1. The van der Waals surface area contributed by atoms with E-state index in [0.717, 1.165) is 11.6 Å². The fourth-order valence-corrected chi connectivity index (χ4v) is 6.24. The summed E-state index contributed by atoms with van der Waals surface area (Å²) in [5.74, 6) is -4.62. The summed E-state index contributed by atoms with van der Waals surface area (Å²) in [5, 5.41) is 16.3. The third-order valence-electron chi connectivity index (χ3n) is 9.82. The maximum atomic E-state index is 14.0. The lowest BCUT2D eigenvalue weighted by Gasteiger charge is -2.34. The van der Waals surface area contributed by atoms with Gasteiger partial charge < -0.3 is 39.6 Å². The van der Waals surface area contributed by atoms with E-state index < -0.39 is 77.8 Å². The number of nitrogens with zero attached hydrogens (tertiary/aromatic N) is 1. The number of nitrogens with one attached hydrogen (secondary N) is 2. The first-order valence-corrected chi connectivity index (χ1v) is 17.6. The average molecular weight is 726 g/mol. The summed E-state index contributed by atoms with van der Waals surface area (Å²) in [5.41, 5.74) is -1.52. The molecule has 286 valence electrons. The van der Waals surface area contributed by atoms with Crippen molar-refractivity contribution in [1.82, 2.24) is 15.5 Å². The molecule has 3 amide bonds. The number of benzene rings is 1. The molecule has 0 unspecified atom stereocenters. The number of aliphatic hydroxyl groups is 1. The van der Waals surface area contributed by atoms with E-state index in [4.69, 9.17) is 18.9 Å². The third kappa shape index (κ3) is 10.4. The lowest BCUT2D eigenvalue weighted by molar-refractivity contribution is -0.162. The molecule has 3 rings (SSSR count). The molecule has 2 aliphatic rings. The van der Waals surface area contributed by atoms with E-state index in [-0.39, 0.29) is 17.9 Å². The van der Waals surface area contributed by atoms with Crippen molar-refractivity contribution in [2.24, 2.45) is 11.8 Å². The van der Waals surface area contributed by atoms with Gasteiger partial charge in [0.2, 0.25) is 11.8 Å². The number of hydrogen-bond donors (Lipinski definition) is 3. The lowest BCUT2D eigenvalue weighted by Crippen LogP contribution is -2.62. The number of carbonyl (C=O) groups excluding carboxylic acids is 5. The van der Waals surface area contributed by atoms with Crippen molar-refractivity contribution >= 4 is 29.7 Å². The molecule has 0 aliphatic carbocycles. The number of epoxide rings is 1. The van der Waals surface area contributed by atoms with Gasteiger partial charge in [-0.25, -0.2) is 9.59 Å². The smallest absolute Gasteiger partial charge is 0.332 e. The van der Waals surface area contributed by atoms with Crippen LogP contribution in [-0.2, 0) is 42.9 Å². The maximum absolute atomic E-state index is 14.0. The highest BCUT2D eigenvalue weighted by Crippen LogP contribution is 2.42. The van der Waals surface area contributed by atoms with Crippen LogP contribution < -0.4 is 10.6 Å². The molecule has 13 heteroatoms. The molecule has 1 aromatic carbocycles.